The van der Waals surface area contributed by atoms with Crippen LogP contribution in [-0.2, 0) is 14.3 Å². The van der Waals surface area contributed by atoms with Crippen LogP contribution in [0.25, 0.3) is 0 Å². The minimum atomic E-state index is -0.276. The molecule has 16 heavy (non-hydrogen) atoms. The van der Waals surface area contributed by atoms with Crippen molar-refractivity contribution in [2.24, 2.45) is 5.41 Å². The molecule has 4 nitrogen and oxygen atoms in total. The van der Waals surface area contributed by atoms with E-state index in [1.54, 1.807) is 0 Å². The molecule has 1 aliphatic rings. The summed E-state index contributed by atoms with van der Waals surface area (Å²) in [6, 6.07) is 0. The summed E-state index contributed by atoms with van der Waals surface area (Å²) in [5.74, 6) is 0. The van der Waals surface area contributed by atoms with Crippen LogP contribution in [0.4, 0.5) is 0 Å². The molecule has 1 heterocycles. The lowest BCUT2D eigenvalue weighted by Gasteiger charge is -2.29. The molecule has 0 radical (unpaired) electrons. The Balaban J connectivity index is 2.38. The summed E-state index contributed by atoms with van der Waals surface area (Å²) in [6.07, 6.45) is 1.92. The summed E-state index contributed by atoms with van der Waals surface area (Å²) in [5, 5.41) is 0. The van der Waals surface area contributed by atoms with Gasteiger partial charge in [0.1, 0.15) is 6.29 Å². The van der Waals surface area contributed by atoms with Crippen LogP contribution >= 0.6 is 0 Å². The van der Waals surface area contributed by atoms with E-state index in [0.29, 0.717) is 13.2 Å². The molecular formula is C12H23NO3. The van der Waals surface area contributed by atoms with Gasteiger partial charge in [-0.1, -0.05) is 6.92 Å². The van der Waals surface area contributed by atoms with Crippen LogP contribution in [0.1, 0.15) is 20.3 Å². The van der Waals surface area contributed by atoms with Gasteiger partial charge in [0.15, 0.2) is 0 Å². The van der Waals surface area contributed by atoms with Gasteiger partial charge in [0.2, 0.25) is 0 Å². The molecule has 1 saturated heterocycles. The number of rotatable bonds is 8. The first-order valence-electron chi connectivity index (χ1n) is 6.10. The van der Waals surface area contributed by atoms with Crippen molar-refractivity contribution < 1.29 is 14.3 Å². The Morgan fingerprint density at radius 1 is 1.50 bits per heavy atom. The van der Waals surface area contributed by atoms with Crippen LogP contribution in [0.15, 0.2) is 0 Å². The zero-order valence-corrected chi connectivity index (χ0v) is 10.4. The number of ether oxygens (including phenoxy) is 2. The normalized spacial score (nSPS) is 25.2. The lowest BCUT2D eigenvalue weighted by Crippen LogP contribution is -2.40. The molecular weight excluding hydrogens is 206 g/mol. The third-order valence-corrected chi connectivity index (χ3v) is 3.13. The molecule has 1 unspecified atom stereocenters. The maximum Gasteiger partial charge on any atom is 0.129 e. The highest BCUT2D eigenvalue weighted by Crippen LogP contribution is 2.27. The van der Waals surface area contributed by atoms with Crippen molar-refractivity contribution in [3.8, 4) is 0 Å². The van der Waals surface area contributed by atoms with Gasteiger partial charge >= 0.3 is 0 Å². The minimum absolute atomic E-state index is 0.276. The summed E-state index contributed by atoms with van der Waals surface area (Å²) < 4.78 is 10.7. The van der Waals surface area contributed by atoms with E-state index in [4.69, 9.17) is 9.47 Å². The summed E-state index contributed by atoms with van der Waals surface area (Å²) >= 11 is 0. The summed E-state index contributed by atoms with van der Waals surface area (Å²) in [7, 11) is 0. The first kappa shape index (κ1) is 13.6. The van der Waals surface area contributed by atoms with E-state index in [1.807, 2.05) is 6.92 Å². The van der Waals surface area contributed by atoms with Gasteiger partial charge in [-0.3, -0.25) is 0 Å². The van der Waals surface area contributed by atoms with Crippen molar-refractivity contribution in [3.05, 3.63) is 0 Å². The third kappa shape index (κ3) is 3.85. The quantitative estimate of drug-likeness (QED) is 0.459. The van der Waals surface area contributed by atoms with E-state index >= 15 is 0 Å². The maximum absolute atomic E-state index is 11.2. The average Bonchev–Trinajstić information content (AvgIpc) is 2.77. The van der Waals surface area contributed by atoms with Crippen LogP contribution in [0.3, 0.4) is 0 Å². The largest absolute Gasteiger partial charge is 0.380 e. The van der Waals surface area contributed by atoms with E-state index in [1.165, 1.54) is 0 Å². The molecule has 0 saturated carbocycles. The molecule has 0 aliphatic carbocycles. The fraction of sp³-hybridized carbons (Fsp3) is 0.917. The van der Waals surface area contributed by atoms with Crippen LogP contribution in [-0.4, -0.2) is 57.2 Å². The van der Waals surface area contributed by atoms with Crippen LogP contribution in [0.2, 0.25) is 0 Å². The van der Waals surface area contributed by atoms with E-state index < -0.39 is 0 Å². The van der Waals surface area contributed by atoms with E-state index in [2.05, 4.69) is 11.8 Å². The van der Waals surface area contributed by atoms with Crippen molar-refractivity contribution in [1.29, 1.82) is 0 Å². The van der Waals surface area contributed by atoms with Gasteiger partial charge in [-0.25, -0.2) is 0 Å². The van der Waals surface area contributed by atoms with Crippen molar-refractivity contribution in [2.75, 3.05) is 46.1 Å². The Bertz CT molecular complexity index is 202. The number of hydrogen-bond donors (Lipinski definition) is 0. The van der Waals surface area contributed by atoms with Gasteiger partial charge in [-0.05, 0) is 19.9 Å². The Morgan fingerprint density at radius 2 is 2.31 bits per heavy atom. The number of hydrogen-bond acceptors (Lipinski definition) is 4. The highest BCUT2D eigenvalue weighted by Gasteiger charge is 2.36. The fourth-order valence-corrected chi connectivity index (χ4v) is 2.01. The van der Waals surface area contributed by atoms with Crippen molar-refractivity contribution >= 4 is 6.29 Å². The van der Waals surface area contributed by atoms with Gasteiger partial charge in [-0.2, -0.15) is 0 Å². The zero-order chi connectivity index (χ0) is 11.9. The summed E-state index contributed by atoms with van der Waals surface area (Å²) in [6.45, 7) is 9.50. The van der Waals surface area contributed by atoms with Gasteiger partial charge in [-0.15, -0.1) is 0 Å². The number of likely N-dealkylation sites (N-methyl/N-ethyl adjacent to an activating group) is 1. The SMILES string of the molecule is CCOCCN(CC)CC1(C=O)CCOC1. The molecule has 0 aromatic rings. The molecule has 1 rings (SSSR count). The summed E-state index contributed by atoms with van der Waals surface area (Å²) in [5.41, 5.74) is -0.276. The van der Waals surface area contributed by atoms with Crippen molar-refractivity contribution in [1.82, 2.24) is 4.90 Å². The lowest BCUT2D eigenvalue weighted by molar-refractivity contribution is -0.117. The molecule has 94 valence electrons. The fourth-order valence-electron chi connectivity index (χ4n) is 2.01. The third-order valence-electron chi connectivity index (χ3n) is 3.13. The number of nitrogens with zero attached hydrogens (tertiary/aromatic N) is 1. The standard InChI is InChI=1S/C12H23NO3/c1-3-13(6-8-15-4-2)9-12(10-14)5-7-16-11-12/h10H,3-9,11H2,1-2H3. The molecule has 0 bridgehead atoms. The van der Waals surface area contributed by atoms with Crippen LogP contribution in [0, 0.1) is 5.41 Å². The Morgan fingerprint density at radius 3 is 2.81 bits per heavy atom. The molecule has 0 amide bonds. The highest BCUT2D eigenvalue weighted by atomic mass is 16.5. The second-order valence-electron chi connectivity index (χ2n) is 4.35. The predicted octanol–water partition coefficient (Wildman–Crippen LogP) is 0.950. The van der Waals surface area contributed by atoms with Gasteiger partial charge in [0.25, 0.3) is 0 Å². The molecule has 0 N–H and O–H groups in total. The Hall–Kier alpha value is -0.450. The summed E-state index contributed by atoms with van der Waals surface area (Å²) in [4.78, 5) is 13.4. The van der Waals surface area contributed by atoms with Crippen molar-refractivity contribution in [2.45, 2.75) is 20.3 Å². The van der Waals surface area contributed by atoms with Gasteiger partial charge in [0, 0.05) is 26.3 Å². The smallest absolute Gasteiger partial charge is 0.129 e. The first-order chi connectivity index (χ1) is 7.76. The monoisotopic (exact) mass is 229 g/mol. The maximum atomic E-state index is 11.2. The molecule has 0 aromatic heterocycles. The lowest BCUT2D eigenvalue weighted by atomic mass is 9.88. The Kier molecular flexibility index (Phi) is 5.95. The number of carbonyl (C=O) groups excluding carboxylic acids is 1. The van der Waals surface area contributed by atoms with Crippen LogP contribution < -0.4 is 0 Å². The predicted molar refractivity (Wildman–Crippen MR) is 62.5 cm³/mol. The molecule has 0 aromatic carbocycles. The van der Waals surface area contributed by atoms with E-state index in [9.17, 15) is 4.79 Å². The van der Waals surface area contributed by atoms with Crippen molar-refractivity contribution in [3.63, 3.8) is 0 Å². The first-order valence-corrected chi connectivity index (χ1v) is 6.10. The number of carbonyl (C=O) groups is 1. The minimum Gasteiger partial charge on any atom is -0.380 e. The van der Waals surface area contributed by atoms with Gasteiger partial charge in [0.05, 0.1) is 18.6 Å². The Labute approximate surface area is 97.9 Å². The van der Waals surface area contributed by atoms with Gasteiger partial charge < -0.3 is 19.2 Å². The molecule has 1 fully saturated rings. The van der Waals surface area contributed by atoms with E-state index in [-0.39, 0.29) is 5.41 Å². The molecule has 4 heteroatoms. The topological polar surface area (TPSA) is 38.8 Å². The zero-order valence-electron chi connectivity index (χ0n) is 10.4. The van der Waals surface area contributed by atoms with Crippen LogP contribution in [0.5, 0.6) is 0 Å². The second kappa shape index (κ2) is 6.99. The molecule has 1 atom stereocenters. The van der Waals surface area contributed by atoms with E-state index in [0.717, 1.165) is 45.6 Å². The number of aldehydes is 1. The average molecular weight is 229 g/mol. The molecule has 1 aliphatic heterocycles. The second-order valence-corrected chi connectivity index (χ2v) is 4.35. The highest BCUT2D eigenvalue weighted by molar-refractivity contribution is 5.60. The molecule has 0 spiro atoms.